The van der Waals surface area contributed by atoms with Crippen molar-refractivity contribution >= 4 is 15.6 Å². The summed E-state index contributed by atoms with van der Waals surface area (Å²) in [6.45, 7) is 16.1. The molecule has 0 fully saturated rings. The molecule has 0 aliphatic carbocycles. The molecule has 0 saturated heterocycles. The van der Waals surface area contributed by atoms with E-state index in [1.807, 2.05) is 13.8 Å². The third-order valence-corrected chi connectivity index (χ3v) is 8.06. The number of hydrogen-bond acceptors (Lipinski definition) is 5. The zero-order valence-corrected chi connectivity index (χ0v) is 26.9. The Labute approximate surface area is 237 Å². The lowest BCUT2D eigenvalue weighted by Crippen LogP contribution is -1.97. The van der Waals surface area contributed by atoms with Gasteiger partial charge in [-0.05, 0) is 112 Å². The maximum Gasteiger partial charge on any atom is 0.539 e. The fraction of sp³-hybridized carbons (Fsp3) is 0.567. The molecule has 0 amide bonds. The van der Waals surface area contributed by atoms with Gasteiger partial charge < -0.3 is 14.3 Å². The summed E-state index contributed by atoms with van der Waals surface area (Å²) in [5.74, 6) is 0. The Hall–Kier alpha value is -1.68. The zero-order valence-electron chi connectivity index (χ0n) is 25.2. The highest BCUT2D eigenvalue weighted by atomic mass is 31.3. The topological polar surface area (TPSA) is 102 Å². The molecule has 39 heavy (non-hydrogen) atoms. The quantitative estimate of drug-likeness (QED) is 0.0674. The van der Waals surface area contributed by atoms with Crippen molar-refractivity contribution in [2.24, 2.45) is 0 Å². The second kappa shape index (κ2) is 20.2. The second-order valence-corrected chi connectivity index (χ2v) is 13.3. The van der Waals surface area contributed by atoms with Crippen molar-refractivity contribution in [3.63, 3.8) is 0 Å². The van der Waals surface area contributed by atoms with Gasteiger partial charge in [0.25, 0.3) is 0 Å². The maximum atomic E-state index is 12.8. The molecule has 222 valence electrons. The lowest BCUT2D eigenvalue weighted by molar-refractivity contribution is 0.183. The third kappa shape index (κ3) is 23.9. The minimum Gasteiger partial charge on any atom is -0.403 e. The van der Waals surface area contributed by atoms with Crippen LogP contribution in [0.15, 0.2) is 75.8 Å². The summed E-state index contributed by atoms with van der Waals surface area (Å²) in [6.07, 6.45) is 18.7. The maximum absolute atomic E-state index is 12.8. The molecule has 0 aliphatic rings. The van der Waals surface area contributed by atoms with E-state index in [1.165, 1.54) is 22.3 Å². The first-order valence-electron chi connectivity index (χ1n) is 13.5. The highest BCUT2D eigenvalue weighted by Crippen LogP contribution is 2.61. The molecular formula is C30H50O7P2. The molecule has 0 rings (SSSR count). The van der Waals surface area contributed by atoms with Gasteiger partial charge in [-0.25, -0.2) is 9.13 Å². The molecule has 0 spiro atoms. The zero-order chi connectivity index (χ0) is 29.9. The van der Waals surface area contributed by atoms with Crippen molar-refractivity contribution in [2.45, 2.75) is 107 Å². The largest absolute Gasteiger partial charge is 0.539 e. The summed E-state index contributed by atoms with van der Waals surface area (Å²) in [7, 11) is -9.67. The van der Waals surface area contributed by atoms with E-state index in [2.05, 4.69) is 75.9 Å². The number of hydrogen-bond donors (Lipinski definition) is 2. The Balaban J connectivity index is 4.94. The number of phosphoric acid groups is 2. The molecule has 0 bridgehead atoms. The fourth-order valence-electron chi connectivity index (χ4n) is 3.30. The Morgan fingerprint density at radius 1 is 0.667 bits per heavy atom. The van der Waals surface area contributed by atoms with E-state index in [4.69, 9.17) is 9.05 Å². The van der Waals surface area contributed by atoms with Crippen LogP contribution in [0.5, 0.6) is 0 Å². The number of phosphoric ester groups is 1. The monoisotopic (exact) mass is 584 g/mol. The van der Waals surface area contributed by atoms with E-state index >= 15 is 0 Å². The molecule has 0 saturated carbocycles. The molecule has 1 atom stereocenters. The molecule has 9 heteroatoms. The Morgan fingerprint density at radius 2 is 1.10 bits per heavy atom. The first kappa shape index (κ1) is 37.3. The van der Waals surface area contributed by atoms with Crippen LogP contribution in [0.1, 0.15) is 107 Å². The first-order chi connectivity index (χ1) is 18.1. The molecule has 0 aliphatic heterocycles. The van der Waals surface area contributed by atoms with E-state index in [1.54, 1.807) is 6.08 Å². The van der Waals surface area contributed by atoms with Gasteiger partial charge in [0.2, 0.25) is 0 Å². The molecule has 2 N–H and O–H groups in total. The van der Waals surface area contributed by atoms with Gasteiger partial charge in [0, 0.05) is 0 Å². The Kier molecular flexibility index (Phi) is 19.4. The number of rotatable bonds is 19. The van der Waals surface area contributed by atoms with Gasteiger partial charge >= 0.3 is 15.6 Å². The van der Waals surface area contributed by atoms with Crippen LogP contribution in [-0.2, 0) is 22.5 Å². The summed E-state index contributed by atoms with van der Waals surface area (Å²) >= 11 is 0. The minimum atomic E-state index is -5.12. The van der Waals surface area contributed by atoms with Gasteiger partial charge in [-0.15, -0.1) is 0 Å². The van der Waals surface area contributed by atoms with E-state index in [-0.39, 0.29) is 6.61 Å². The van der Waals surface area contributed by atoms with Crippen molar-refractivity contribution in [1.29, 1.82) is 0 Å². The van der Waals surface area contributed by atoms with Gasteiger partial charge in [0.1, 0.15) is 6.26 Å². The van der Waals surface area contributed by atoms with Gasteiger partial charge in [0.15, 0.2) is 0 Å². The van der Waals surface area contributed by atoms with Crippen LogP contribution in [0.25, 0.3) is 0 Å². The fourth-order valence-corrected chi connectivity index (χ4v) is 5.19. The van der Waals surface area contributed by atoms with Crippen molar-refractivity contribution in [3.05, 3.63) is 75.8 Å². The molecule has 0 aromatic carbocycles. The van der Waals surface area contributed by atoms with Crippen molar-refractivity contribution in [3.8, 4) is 0 Å². The first-order valence-corrected chi connectivity index (χ1v) is 16.4. The smallest absolute Gasteiger partial charge is 0.403 e. The van der Waals surface area contributed by atoms with Crippen LogP contribution in [-0.4, -0.2) is 16.4 Å². The van der Waals surface area contributed by atoms with E-state index < -0.39 is 15.6 Å². The highest BCUT2D eigenvalue weighted by Gasteiger charge is 2.36. The summed E-state index contributed by atoms with van der Waals surface area (Å²) in [5, 5.41) is 0. The van der Waals surface area contributed by atoms with Crippen molar-refractivity contribution < 1.29 is 32.3 Å². The van der Waals surface area contributed by atoms with Crippen LogP contribution in [0.4, 0.5) is 0 Å². The van der Waals surface area contributed by atoms with Gasteiger partial charge in [0.05, 0.1) is 6.61 Å². The molecule has 1 unspecified atom stereocenters. The van der Waals surface area contributed by atoms with Crippen LogP contribution in [0, 0.1) is 0 Å². The standard InChI is InChI=1S/C30H50O7P2/c1-25(2)13-9-15-27(5)17-11-19-29(7)21-23-35-39(34,37-38(31,32)33)36-24-22-30(8)20-12-18-28(6)16-10-14-26(3)4/h13-14,17-18,21,24H,9-12,15-16,19-20,23H2,1-8H3,(H2,31,32,33). The average molecular weight is 585 g/mol. The number of allylic oxidation sites excluding steroid dienone is 10. The van der Waals surface area contributed by atoms with Crippen LogP contribution < -0.4 is 0 Å². The highest BCUT2D eigenvalue weighted by molar-refractivity contribution is 7.61. The van der Waals surface area contributed by atoms with Crippen molar-refractivity contribution in [1.82, 2.24) is 0 Å². The summed E-state index contributed by atoms with van der Waals surface area (Å²) in [6, 6.07) is 0. The Morgan fingerprint density at radius 3 is 1.56 bits per heavy atom. The van der Waals surface area contributed by atoms with Crippen LogP contribution in [0.2, 0.25) is 0 Å². The predicted octanol–water partition coefficient (Wildman–Crippen LogP) is 10.2. The lowest BCUT2D eigenvalue weighted by atomic mass is 10.1. The second-order valence-electron chi connectivity index (χ2n) is 10.3. The Bertz CT molecular complexity index is 1060. The van der Waals surface area contributed by atoms with Crippen molar-refractivity contribution in [2.75, 3.05) is 6.61 Å². The lowest BCUT2D eigenvalue weighted by Gasteiger charge is -2.15. The van der Waals surface area contributed by atoms with Gasteiger partial charge in [-0.3, -0.25) is 4.52 Å². The molecule has 7 nitrogen and oxygen atoms in total. The molecule has 0 heterocycles. The molecule has 0 radical (unpaired) electrons. The average Bonchev–Trinajstić information content (AvgIpc) is 2.77. The molecular weight excluding hydrogens is 534 g/mol. The SMILES string of the molecule is CC(=C=COP(=O)(OCC=C(C)CCC=C(C)CCC=C(C)C)OP(=O)(O)O)CCC=C(C)CCC=C(C)C. The van der Waals surface area contributed by atoms with Crippen LogP contribution in [0.3, 0.4) is 0 Å². The van der Waals surface area contributed by atoms with E-state index in [0.29, 0.717) is 6.42 Å². The van der Waals surface area contributed by atoms with Gasteiger partial charge in [-0.1, -0.05) is 64.0 Å². The summed E-state index contributed by atoms with van der Waals surface area (Å²) in [4.78, 5) is 18.3. The van der Waals surface area contributed by atoms with E-state index in [9.17, 15) is 18.9 Å². The summed E-state index contributed by atoms with van der Waals surface area (Å²) < 4.78 is 38.7. The normalized spacial score (nSPS) is 14.3. The third-order valence-electron chi connectivity index (χ3n) is 5.58. The summed E-state index contributed by atoms with van der Waals surface area (Å²) in [5.41, 5.74) is 9.91. The van der Waals surface area contributed by atoms with E-state index in [0.717, 1.165) is 62.4 Å². The van der Waals surface area contributed by atoms with Gasteiger partial charge in [-0.2, -0.15) is 4.31 Å². The minimum absolute atomic E-state index is 0.181. The van der Waals surface area contributed by atoms with Crippen LogP contribution >= 0.6 is 15.6 Å². The predicted molar refractivity (Wildman–Crippen MR) is 162 cm³/mol. The molecule has 0 aromatic heterocycles. The molecule has 0 aromatic rings.